The lowest BCUT2D eigenvalue weighted by atomic mass is 9.88. The van der Waals surface area contributed by atoms with E-state index in [0.29, 0.717) is 48.9 Å². The first-order chi connectivity index (χ1) is 22.1. The molecule has 1 saturated heterocycles. The van der Waals surface area contributed by atoms with Crippen LogP contribution in [0.15, 0.2) is 66.6 Å². The van der Waals surface area contributed by atoms with Gasteiger partial charge in [-0.15, -0.1) is 11.3 Å². The Bertz CT molecular complexity index is 2000. The second-order valence-corrected chi connectivity index (χ2v) is 13.1. The molecule has 2 N–H and O–H groups in total. The predicted octanol–water partition coefficient (Wildman–Crippen LogP) is 6.66. The van der Waals surface area contributed by atoms with Crippen LogP contribution >= 0.6 is 11.3 Å². The number of hydrogen-bond donors (Lipinski definition) is 1. The van der Waals surface area contributed by atoms with E-state index in [1.54, 1.807) is 18.7 Å². The second-order valence-electron chi connectivity index (χ2n) is 12.2. The first-order valence-electron chi connectivity index (χ1n) is 15.1. The van der Waals surface area contributed by atoms with Crippen LogP contribution in [0.4, 0.5) is 8.78 Å². The third-order valence-corrected chi connectivity index (χ3v) is 9.49. The minimum atomic E-state index is -0.762. The number of pyridine rings is 1. The number of nitrogens with zero attached hydrogens (tertiary/aromatic N) is 4. The topological polar surface area (TPSA) is 95.5 Å². The standard InChI is InChI=1S/C35H33F2N5O3S/c1-5-29(43)41-16-24-14-27(40-42(24)15-20(41)4)33-31(30-26(37)12-23(36)13-28(30)45-19(2)3)34-25(10-11-46-34)32(39-33)21-6-8-22(9-7-21)35(38)17-44-18-35/h5-14,19-20H,1,15-18,38H2,2-4H3/t20-/m1/s1. The third-order valence-electron chi connectivity index (χ3n) is 8.56. The first kappa shape index (κ1) is 30.2. The number of aromatic nitrogens is 3. The molecule has 0 radical (unpaired) electrons. The van der Waals surface area contributed by atoms with Crippen molar-refractivity contribution >= 4 is 27.3 Å². The summed E-state index contributed by atoms with van der Waals surface area (Å²) >= 11 is 1.44. The van der Waals surface area contributed by atoms with Crippen molar-refractivity contribution in [3.63, 3.8) is 0 Å². The molecule has 2 aliphatic heterocycles. The quantitative estimate of drug-likeness (QED) is 0.200. The summed E-state index contributed by atoms with van der Waals surface area (Å²) in [6.45, 7) is 10.9. The Kier molecular flexibility index (Phi) is 7.50. The number of nitrogens with two attached hydrogens (primary N) is 1. The molecule has 11 heteroatoms. The van der Waals surface area contributed by atoms with E-state index in [4.69, 9.17) is 25.3 Å². The van der Waals surface area contributed by atoms with Crippen LogP contribution in [0.1, 0.15) is 32.0 Å². The molecule has 0 aliphatic carbocycles. The minimum Gasteiger partial charge on any atom is -0.490 e. The fourth-order valence-electron chi connectivity index (χ4n) is 6.20. The van der Waals surface area contributed by atoms with Gasteiger partial charge in [0.05, 0.1) is 54.9 Å². The molecular weight excluding hydrogens is 608 g/mol. The Morgan fingerprint density at radius 2 is 1.91 bits per heavy atom. The number of ether oxygens (including phenoxy) is 2. The molecule has 1 fully saturated rings. The summed E-state index contributed by atoms with van der Waals surface area (Å²) in [6.07, 6.45) is 0.971. The Labute approximate surface area is 269 Å². The first-order valence-corrected chi connectivity index (χ1v) is 16.0. The van der Waals surface area contributed by atoms with E-state index < -0.39 is 17.2 Å². The van der Waals surface area contributed by atoms with Gasteiger partial charge in [0.2, 0.25) is 5.91 Å². The lowest BCUT2D eigenvalue weighted by molar-refractivity contribution is -0.129. The molecule has 1 amide bonds. The van der Waals surface area contributed by atoms with E-state index in [2.05, 4.69) is 6.58 Å². The molecule has 5 heterocycles. The molecule has 0 bridgehead atoms. The maximum absolute atomic E-state index is 16.0. The largest absolute Gasteiger partial charge is 0.490 e. The molecule has 3 aromatic heterocycles. The van der Waals surface area contributed by atoms with E-state index in [0.717, 1.165) is 33.0 Å². The normalized spacial score (nSPS) is 17.2. The van der Waals surface area contributed by atoms with Crippen molar-refractivity contribution in [1.82, 2.24) is 19.7 Å². The highest BCUT2D eigenvalue weighted by Gasteiger charge is 2.36. The highest BCUT2D eigenvalue weighted by atomic mass is 32.1. The van der Waals surface area contributed by atoms with Crippen molar-refractivity contribution in [3.05, 3.63) is 89.5 Å². The number of rotatable bonds is 7. The number of amides is 1. The lowest BCUT2D eigenvalue weighted by Crippen LogP contribution is -2.54. The van der Waals surface area contributed by atoms with Crippen LogP contribution in [0.2, 0.25) is 0 Å². The van der Waals surface area contributed by atoms with Gasteiger partial charge in [-0.25, -0.2) is 13.8 Å². The number of carbonyl (C=O) groups excluding carboxylic acids is 1. The van der Waals surface area contributed by atoms with Crippen molar-refractivity contribution in [2.75, 3.05) is 13.2 Å². The van der Waals surface area contributed by atoms with Crippen molar-refractivity contribution in [1.29, 1.82) is 0 Å². The molecule has 8 nitrogen and oxygen atoms in total. The molecule has 0 spiro atoms. The van der Waals surface area contributed by atoms with Crippen molar-refractivity contribution in [2.24, 2.45) is 5.73 Å². The van der Waals surface area contributed by atoms with E-state index in [9.17, 15) is 9.18 Å². The van der Waals surface area contributed by atoms with Gasteiger partial charge in [0, 0.05) is 39.4 Å². The highest BCUT2D eigenvalue weighted by molar-refractivity contribution is 7.18. The van der Waals surface area contributed by atoms with Crippen LogP contribution in [-0.2, 0) is 28.2 Å². The van der Waals surface area contributed by atoms with Crippen LogP contribution in [0.5, 0.6) is 5.75 Å². The number of carbonyl (C=O) groups is 1. The van der Waals surface area contributed by atoms with Crippen LogP contribution < -0.4 is 10.5 Å². The summed E-state index contributed by atoms with van der Waals surface area (Å²) in [5.74, 6) is -1.58. The fraction of sp³-hybridized carbons (Fsp3) is 0.286. The van der Waals surface area contributed by atoms with E-state index in [-0.39, 0.29) is 29.4 Å². The SMILES string of the molecule is C=CC(=O)N1Cc2cc(-c3nc(-c4ccc(C5(N)COC5)cc4)c4ccsc4c3-c3c(F)cc(F)cc3OC(C)C)nn2C[C@H]1C. The minimum absolute atomic E-state index is 0.0821. The average molecular weight is 642 g/mol. The highest BCUT2D eigenvalue weighted by Crippen LogP contribution is 2.47. The van der Waals surface area contributed by atoms with Crippen LogP contribution in [0, 0.1) is 11.6 Å². The maximum atomic E-state index is 16.0. The van der Waals surface area contributed by atoms with Crippen LogP contribution in [-0.4, -0.2) is 50.9 Å². The molecular formula is C35H33F2N5O3S. The fourth-order valence-corrected chi connectivity index (χ4v) is 7.15. The number of benzene rings is 2. The van der Waals surface area contributed by atoms with Crippen LogP contribution in [0.3, 0.4) is 0 Å². The zero-order chi connectivity index (χ0) is 32.3. The molecule has 2 aliphatic rings. The Morgan fingerprint density at radius 3 is 2.59 bits per heavy atom. The summed E-state index contributed by atoms with van der Waals surface area (Å²) in [7, 11) is 0. The number of fused-ring (bicyclic) bond motifs is 2. The summed E-state index contributed by atoms with van der Waals surface area (Å²) < 4.78 is 44.6. The Hall–Kier alpha value is -4.45. The van der Waals surface area contributed by atoms with Crippen LogP contribution in [0.25, 0.3) is 43.9 Å². The van der Waals surface area contributed by atoms with E-state index >= 15 is 4.39 Å². The van der Waals surface area contributed by atoms with Gasteiger partial charge in [0.15, 0.2) is 0 Å². The molecule has 0 unspecified atom stereocenters. The Morgan fingerprint density at radius 1 is 1.15 bits per heavy atom. The smallest absolute Gasteiger partial charge is 0.246 e. The van der Waals surface area contributed by atoms with Gasteiger partial charge in [0.25, 0.3) is 0 Å². The molecule has 7 rings (SSSR count). The van der Waals surface area contributed by atoms with Gasteiger partial charge in [-0.3, -0.25) is 9.48 Å². The summed E-state index contributed by atoms with van der Waals surface area (Å²) in [5.41, 5.74) is 10.8. The van der Waals surface area contributed by atoms with Gasteiger partial charge < -0.3 is 20.1 Å². The van der Waals surface area contributed by atoms with E-state index in [1.807, 2.05) is 53.4 Å². The van der Waals surface area contributed by atoms with Crippen molar-refractivity contribution < 1.29 is 23.0 Å². The van der Waals surface area contributed by atoms with Crippen molar-refractivity contribution in [2.45, 2.75) is 51.5 Å². The lowest BCUT2D eigenvalue weighted by Gasteiger charge is -2.38. The van der Waals surface area contributed by atoms with Gasteiger partial charge in [-0.05, 0) is 49.9 Å². The van der Waals surface area contributed by atoms with Crippen molar-refractivity contribution in [3.8, 4) is 39.5 Å². The molecule has 0 saturated carbocycles. The maximum Gasteiger partial charge on any atom is 0.246 e. The number of hydrogen-bond acceptors (Lipinski definition) is 7. The van der Waals surface area contributed by atoms with Gasteiger partial charge in [0.1, 0.15) is 28.8 Å². The number of halogens is 2. The predicted molar refractivity (Wildman–Crippen MR) is 174 cm³/mol. The summed E-state index contributed by atoms with van der Waals surface area (Å²) in [6, 6.07) is 13.7. The average Bonchev–Trinajstić information content (AvgIpc) is 3.66. The van der Waals surface area contributed by atoms with Gasteiger partial charge in [-0.1, -0.05) is 30.8 Å². The summed E-state index contributed by atoms with van der Waals surface area (Å²) in [5, 5.41) is 7.68. The van der Waals surface area contributed by atoms with Gasteiger partial charge >= 0.3 is 0 Å². The molecule has 2 aromatic carbocycles. The zero-order valence-electron chi connectivity index (χ0n) is 25.7. The molecule has 236 valence electrons. The monoisotopic (exact) mass is 641 g/mol. The molecule has 46 heavy (non-hydrogen) atoms. The number of thiophene rings is 1. The third kappa shape index (κ3) is 5.08. The molecule has 1 atom stereocenters. The summed E-state index contributed by atoms with van der Waals surface area (Å²) in [4.78, 5) is 19.5. The van der Waals surface area contributed by atoms with E-state index in [1.165, 1.54) is 23.5 Å². The zero-order valence-corrected chi connectivity index (χ0v) is 26.5. The Balaban J connectivity index is 1.47. The second kappa shape index (κ2) is 11.4. The van der Waals surface area contributed by atoms with Gasteiger partial charge in [-0.2, -0.15) is 5.10 Å². The molecule has 5 aromatic rings.